The Morgan fingerprint density at radius 3 is 2.32 bits per heavy atom. The summed E-state index contributed by atoms with van der Waals surface area (Å²) in [6, 6.07) is 0. The second kappa shape index (κ2) is 4.58. The molecule has 0 aliphatic heterocycles. The first-order valence-electron chi connectivity index (χ1n) is 4.05. The molecule has 1 aromatic rings. The first-order chi connectivity index (χ1) is 8.43. The summed E-state index contributed by atoms with van der Waals surface area (Å²) in [6.07, 6.45) is -5.31. The fraction of sp³-hybridized carbons (Fsp3) is 0.167. The molecule has 1 rings (SSSR count). The molecule has 0 atom stereocenters. The van der Waals surface area contributed by atoms with Gasteiger partial charge in [-0.3, -0.25) is 10.1 Å². The Kier molecular flexibility index (Phi) is 3.63. The van der Waals surface area contributed by atoms with Crippen molar-refractivity contribution in [2.24, 2.45) is 5.14 Å². The smallest absolute Gasteiger partial charge is 0.401 e. The van der Waals surface area contributed by atoms with Crippen LogP contribution >= 0.6 is 0 Å². The summed E-state index contributed by atoms with van der Waals surface area (Å²) in [5, 5.41) is 13.5. The average molecular weight is 305 g/mol. The lowest BCUT2D eigenvalue weighted by molar-refractivity contribution is -0.391. The van der Waals surface area contributed by atoms with Gasteiger partial charge in [-0.05, 0) is 0 Å². The summed E-state index contributed by atoms with van der Waals surface area (Å²) in [5.41, 5.74) is -1.83. The molecular weight excluding hydrogens is 302 g/mol. The Bertz CT molecular complexity index is 628. The van der Waals surface area contributed by atoms with Crippen LogP contribution in [0.4, 0.5) is 23.2 Å². The number of primary sulfonamides is 1. The van der Waals surface area contributed by atoms with E-state index in [2.05, 4.69) is 14.9 Å². The van der Waals surface area contributed by atoms with E-state index in [1.54, 1.807) is 0 Å². The van der Waals surface area contributed by atoms with Gasteiger partial charge < -0.3 is 4.74 Å². The Balaban J connectivity index is 3.54. The van der Waals surface area contributed by atoms with Crippen LogP contribution in [0.15, 0.2) is 11.2 Å². The zero-order valence-corrected chi connectivity index (χ0v) is 9.33. The topological polar surface area (TPSA) is 125 Å². The highest BCUT2D eigenvalue weighted by molar-refractivity contribution is 7.89. The van der Waals surface area contributed by atoms with Crippen LogP contribution < -0.4 is 9.88 Å². The Morgan fingerprint density at radius 1 is 1.42 bits per heavy atom. The number of pyridine rings is 1. The van der Waals surface area contributed by atoms with Crippen molar-refractivity contribution in [1.82, 2.24) is 4.98 Å². The summed E-state index contributed by atoms with van der Waals surface area (Å²) in [5.74, 6) is -3.80. The SMILES string of the molecule is NS(=O)(=O)c1ncc(OC(F)(F)F)c(F)c1[N+](=O)[O-]. The quantitative estimate of drug-likeness (QED) is 0.497. The highest BCUT2D eigenvalue weighted by Gasteiger charge is 2.37. The number of rotatable bonds is 3. The predicted molar refractivity (Wildman–Crippen MR) is 48.9 cm³/mol. The molecular formula is C6H3F4N3O5S. The van der Waals surface area contributed by atoms with Gasteiger partial charge in [-0.15, -0.1) is 13.2 Å². The van der Waals surface area contributed by atoms with Crippen LogP contribution in [0.5, 0.6) is 5.75 Å². The molecule has 0 aromatic carbocycles. The number of nitro groups is 1. The van der Waals surface area contributed by atoms with E-state index in [0.29, 0.717) is 0 Å². The molecule has 0 amide bonds. The number of hydrogen-bond acceptors (Lipinski definition) is 6. The summed E-state index contributed by atoms with van der Waals surface area (Å²) in [7, 11) is -4.79. The van der Waals surface area contributed by atoms with Gasteiger partial charge in [-0.2, -0.15) is 4.39 Å². The first kappa shape index (κ1) is 15.0. The van der Waals surface area contributed by atoms with E-state index < -0.39 is 43.6 Å². The van der Waals surface area contributed by atoms with Crippen molar-refractivity contribution >= 4 is 15.7 Å². The van der Waals surface area contributed by atoms with E-state index >= 15 is 0 Å². The Hall–Kier alpha value is -2.02. The standard InChI is InChI=1S/C6H3F4N3O5S/c7-3-2(18-6(8,9)10)1-12-5(19(11,16)17)4(3)13(14)15/h1H,(H2,11,16,17). The second-order valence-electron chi connectivity index (χ2n) is 2.94. The molecule has 1 heterocycles. The third kappa shape index (κ3) is 3.47. The molecule has 19 heavy (non-hydrogen) atoms. The molecule has 0 unspecified atom stereocenters. The third-order valence-corrected chi connectivity index (χ3v) is 2.44. The molecule has 0 saturated heterocycles. The minimum Gasteiger partial charge on any atom is -0.401 e. The van der Waals surface area contributed by atoms with Gasteiger partial charge in [0.2, 0.25) is 5.82 Å². The maximum absolute atomic E-state index is 13.4. The van der Waals surface area contributed by atoms with Crippen molar-refractivity contribution in [3.63, 3.8) is 0 Å². The monoisotopic (exact) mass is 305 g/mol. The van der Waals surface area contributed by atoms with Gasteiger partial charge in [0.05, 0.1) is 11.1 Å². The predicted octanol–water partition coefficient (Wildman–Crippen LogP) is 0.675. The van der Waals surface area contributed by atoms with Gasteiger partial charge in [0, 0.05) is 0 Å². The van der Waals surface area contributed by atoms with E-state index in [0.717, 1.165) is 0 Å². The van der Waals surface area contributed by atoms with Crippen LogP contribution in [-0.4, -0.2) is 24.7 Å². The van der Waals surface area contributed by atoms with Crippen molar-refractivity contribution < 1.29 is 35.6 Å². The second-order valence-corrected chi connectivity index (χ2v) is 4.42. The highest BCUT2D eigenvalue weighted by atomic mass is 32.2. The number of ether oxygens (including phenoxy) is 1. The lowest BCUT2D eigenvalue weighted by Crippen LogP contribution is -2.21. The number of aromatic nitrogens is 1. The number of alkyl halides is 3. The van der Waals surface area contributed by atoms with Gasteiger partial charge in [-0.1, -0.05) is 0 Å². The van der Waals surface area contributed by atoms with E-state index in [1.165, 1.54) is 0 Å². The van der Waals surface area contributed by atoms with Crippen molar-refractivity contribution in [2.75, 3.05) is 0 Å². The molecule has 0 bridgehead atoms. The first-order valence-corrected chi connectivity index (χ1v) is 5.59. The van der Waals surface area contributed by atoms with Crippen molar-refractivity contribution in [1.29, 1.82) is 0 Å². The van der Waals surface area contributed by atoms with Crippen molar-refractivity contribution in [3.05, 3.63) is 22.1 Å². The zero-order valence-electron chi connectivity index (χ0n) is 8.51. The summed E-state index contributed by atoms with van der Waals surface area (Å²) in [6.45, 7) is 0. The Morgan fingerprint density at radius 2 is 1.95 bits per heavy atom. The van der Waals surface area contributed by atoms with E-state index in [9.17, 15) is 36.1 Å². The molecule has 2 N–H and O–H groups in total. The van der Waals surface area contributed by atoms with E-state index in [-0.39, 0.29) is 6.20 Å². The van der Waals surface area contributed by atoms with Gasteiger partial charge in [0.25, 0.3) is 15.0 Å². The van der Waals surface area contributed by atoms with Crippen molar-refractivity contribution in [2.45, 2.75) is 11.4 Å². The van der Waals surface area contributed by atoms with Crippen LogP contribution in [0.25, 0.3) is 0 Å². The fourth-order valence-electron chi connectivity index (χ4n) is 1.01. The molecule has 0 aliphatic rings. The highest BCUT2D eigenvalue weighted by Crippen LogP contribution is 2.33. The van der Waals surface area contributed by atoms with Crippen LogP contribution in [0.1, 0.15) is 0 Å². The normalized spacial score (nSPS) is 12.3. The van der Waals surface area contributed by atoms with Crippen LogP contribution in [0, 0.1) is 15.9 Å². The van der Waals surface area contributed by atoms with Crippen molar-refractivity contribution in [3.8, 4) is 5.75 Å². The molecule has 0 fully saturated rings. The van der Waals surface area contributed by atoms with Crippen LogP contribution in [0.2, 0.25) is 0 Å². The molecule has 1 aromatic heterocycles. The molecule has 0 aliphatic carbocycles. The van der Waals surface area contributed by atoms with Gasteiger partial charge in [0.1, 0.15) is 0 Å². The lowest BCUT2D eigenvalue weighted by Gasteiger charge is -2.09. The zero-order chi connectivity index (χ0) is 15.0. The molecule has 0 radical (unpaired) electrons. The number of sulfonamides is 1. The Labute approximate surface area is 102 Å². The average Bonchev–Trinajstić information content (AvgIpc) is 2.16. The van der Waals surface area contributed by atoms with Gasteiger partial charge in [-0.25, -0.2) is 18.5 Å². The summed E-state index contributed by atoms with van der Waals surface area (Å²) in [4.78, 5) is 11.7. The number of nitrogens with two attached hydrogens (primary N) is 1. The lowest BCUT2D eigenvalue weighted by atomic mass is 10.4. The van der Waals surface area contributed by atoms with Gasteiger partial charge >= 0.3 is 12.0 Å². The minimum atomic E-state index is -5.33. The molecule has 8 nitrogen and oxygen atoms in total. The van der Waals surface area contributed by atoms with E-state index in [1.807, 2.05) is 0 Å². The third-order valence-electron chi connectivity index (χ3n) is 1.60. The maximum Gasteiger partial charge on any atom is 0.573 e. The summed E-state index contributed by atoms with van der Waals surface area (Å²) >= 11 is 0. The number of hydrogen-bond donors (Lipinski definition) is 1. The molecule has 13 heteroatoms. The molecule has 0 saturated carbocycles. The van der Waals surface area contributed by atoms with Crippen LogP contribution in [0.3, 0.4) is 0 Å². The molecule has 106 valence electrons. The minimum absolute atomic E-state index is 0.0234. The van der Waals surface area contributed by atoms with Crippen LogP contribution in [-0.2, 0) is 10.0 Å². The van der Waals surface area contributed by atoms with E-state index in [4.69, 9.17) is 0 Å². The van der Waals surface area contributed by atoms with Gasteiger partial charge in [0.15, 0.2) is 5.75 Å². The number of nitrogens with zero attached hydrogens (tertiary/aromatic N) is 2. The summed E-state index contributed by atoms with van der Waals surface area (Å²) < 4.78 is 73.9. The fourth-order valence-corrected chi connectivity index (χ4v) is 1.64. The molecule has 0 spiro atoms. The maximum atomic E-state index is 13.4. The largest absolute Gasteiger partial charge is 0.573 e. The number of halogens is 4.